The van der Waals surface area contributed by atoms with Gasteiger partial charge in [-0.2, -0.15) is 0 Å². The predicted molar refractivity (Wildman–Crippen MR) is 112 cm³/mol. The maximum absolute atomic E-state index is 12.4. The van der Waals surface area contributed by atoms with E-state index in [4.69, 9.17) is 4.74 Å². The third kappa shape index (κ3) is 8.25. The van der Waals surface area contributed by atoms with Gasteiger partial charge >= 0.3 is 0 Å². The van der Waals surface area contributed by atoms with Gasteiger partial charge in [-0.3, -0.25) is 4.79 Å². The number of nitrogens with one attached hydrogen (secondary N) is 1. The molecule has 0 heterocycles. The average molecular weight is 378 g/mol. The molecule has 0 saturated carbocycles. The lowest BCUT2D eigenvalue weighted by molar-refractivity contribution is 0.0902. The molecule has 0 unspecified atom stereocenters. The number of carbonyl (C=O) groups is 1. The minimum Gasteiger partial charge on any atom is -0.377 e. The average Bonchev–Trinajstić information content (AvgIpc) is 2.64. The SMILES string of the molecule is C=c1ccc(C(=O)NCCOCCF)c(C)/c1=C/CCC(CCC)CCC. The number of halogens is 1. The van der Waals surface area contributed by atoms with Gasteiger partial charge in [0.05, 0.1) is 13.2 Å². The first-order chi connectivity index (χ1) is 13.0. The number of alkyl halides is 1. The number of rotatable bonds is 13. The van der Waals surface area contributed by atoms with E-state index in [0.717, 1.165) is 28.3 Å². The van der Waals surface area contributed by atoms with Gasteiger partial charge in [-0.1, -0.05) is 58.3 Å². The topological polar surface area (TPSA) is 38.3 Å². The van der Waals surface area contributed by atoms with Gasteiger partial charge in [0.2, 0.25) is 0 Å². The number of amides is 1. The van der Waals surface area contributed by atoms with Crippen LogP contribution in [0.3, 0.4) is 0 Å². The van der Waals surface area contributed by atoms with Crippen LogP contribution in [0, 0.1) is 12.8 Å². The summed E-state index contributed by atoms with van der Waals surface area (Å²) in [6.45, 7) is 10.9. The standard InChI is InChI=1S/C23H36FNO2/c1-5-8-20(9-6-2)10-7-11-21-18(3)12-13-22(19(21)4)23(26)25-15-17-27-16-14-24/h11-13,20H,3,5-10,14-17H2,1-2,4H3,(H,25,26)/b21-11+. The normalized spacial score (nSPS) is 12.0. The van der Waals surface area contributed by atoms with E-state index in [-0.39, 0.29) is 12.5 Å². The molecule has 3 nitrogen and oxygen atoms in total. The molecule has 1 aromatic carbocycles. The molecule has 27 heavy (non-hydrogen) atoms. The molecule has 0 aromatic heterocycles. The summed E-state index contributed by atoms with van der Waals surface area (Å²) in [6, 6.07) is 3.73. The van der Waals surface area contributed by atoms with Crippen molar-refractivity contribution in [1.82, 2.24) is 5.32 Å². The smallest absolute Gasteiger partial charge is 0.251 e. The van der Waals surface area contributed by atoms with Gasteiger partial charge in [0, 0.05) is 12.1 Å². The molecule has 0 bridgehead atoms. The third-order valence-corrected chi connectivity index (χ3v) is 4.92. The Kier molecular flexibility index (Phi) is 11.7. The van der Waals surface area contributed by atoms with Gasteiger partial charge in [-0.25, -0.2) is 4.39 Å². The highest BCUT2D eigenvalue weighted by Crippen LogP contribution is 2.19. The van der Waals surface area contributed by atoms with Crippen LogP contribution in [-0.2, 0) is 4.74 Å². The van der Waals surface area contributed by atoms with E-state index >= 15 is 0 Å². The van der Waals surface area contributed by atoms with Crippen molar-refractivity contribution >= 4 is 18.6 Å². The molecule has 1 amide bonds. The summed E-state index contributed by atoms with van der Waals surface area (Å²) in [6.07, 6.45) is 9.45. The van der Waals surface area contributed by atoms with Gasteiger partial charge in [-0.15, -0.1) is 0 Å². The van der Waals surface area contributed by atoms with Crippen molar-refractivity contribution in [2.75, 3.05) is 26.4 Å². The van der Waals surface area contributed by atoms with E-state index in [1.54, 1.807) is 0 Å². The molecule has 0 saturated heterocycles. The van der Waals surface area contributed by atoms with Crippen LogP contribution >= 0.6 is 0 Å². The lowest BCUT2D eigenvalue weighted by Crippen LogP contribution is -2.33. The molecular weight excluding hydrogens is 341 g/mol. The second-order valence-corrected chi connectivity index (χ2v) is 7.09. The maximum atomic E-state index is 12.4. The van der Waals surface area contributed by atoms with Gasteiger partial charge in [0.15, 0.2) is 0 Å². The van der Waals surface area contributed by atoms with Crippen LogP contribution in [0.2, 0.25) is 0 Å². The highest BCUT2D eigenvalue weighted by atomic mass is 19.1. The summed E-state index contributed by atoms with van der Waals surface area (Å²) in [5, 5.41) is 4.86. The molecule has 1 aromatic rings. The van der Waals surface area contributed by atoms with E-state index in [0.29, 0.717) is 18.7 Å². The highest BCUT2D eigenvalue weighted by Gasteiger charge is 2.10. The monoisotopic (exact) mass is 377 g/mol. The van der Waals surface area contributed by atoms with Crippen LogP contribution < -0.4 is 15.8 Å². The van der Waals surface area contributed by atoms with Crippen LogP contribution in [-0.4, -0.2) is 32.3 Å². The van der Waals surface area contributed by atoms with Gasteiger partial charge in [0.25, 0.3) is 5.91 Å². The largest absolute Gasteiger partial charge is 0.377 e. The van der Waals surface area contributed by atoms with Crippen molar-refractivity contribution < 1.29 is 13.9 Å². The fourth-order valence-electron chi connectivity index (χ4n) is 3.52. The Hall–Kier alpha value is -1.68. The Bertz CT molecular complexity index is 666. The Balaban J connectivity index is 2.79. The van der Waals surface area contributed by atoms with E-state index in [9.17, 15) is 9.18 Å². The third-order valence-electron chi connectivity index (χ3n) is 4.92. The molecule has 0 radical (unpaired) electrons. The number of ether oxygens (including phenoxy) is 1. The zero-order chi connectivity index (χ0) is 20.1. The van der Waals surface area contributed by atoms with Crippen LogP contribution in [0.1, 0.15) is 68.3 Å². The summed E-state index contributed by atoms with van der Waals surface area (Å²) >= 11 is 0. The first-order valence-electron chi connectivity index (χ1n) is 10.3. The number of hydrogen-bond donors (Lipinski definition) is 1. The lowest BCUT2D eigenvalue weighted by atomic mass is 9.93. The van der Waals surface area contributed by atoms with Gasteiger partial charge in [-0.05, 0) is 47.8 Å². The second-order valence-electron chi connectivity index (χ2n) is 7.09. The van der Waals surface area contributed by atoms with Crippen LogP contribution in [0.25, 0.3) is 12.7 Å². The predicted octanol–water partition coefficient (Wildman–Crippen LogP) is 3.90. The van der Waals surface area contributed by atoms with Crippen LogP contribution in [0.15, 0.2) is 12.1 Å². The maximum Gasteiger partial charge on any atom is 0.251 e. The van der Waals surface area contributed by atoms with E-state index in [1.807, 2.05) is 19.1 Å². The Morgan fingerprint density at radius 3 is 2.56 bits per heavy atom. The molecule has 0 atom stereocenters. The van der Waals surface area contributed by atoms with Gasteiger partial charge in [0.1, 0.15) is 6.67 Å². The lowest BCUT2D eigenvalue weighted by Gasteiger charge is -2.13. The molecule has 1 rings (SSSR count). The summed E-state index contributed by atoms with van der Waals surface area (Å²) in [5.41, 5.74) is 1.63. The summed E-state index contributed by atoms with van der Waals surface area (Å²) in [7, 11) is 0. The Morgan fingerprint density at radius 1 is 1.22 bits per heavy atom. The molecule has 0 aliphatic carbocycles. The van der Waals surface area contributed by atoms with E-state index < -0.39 is 6.67 Å². The van der Waals surface area contributed by atoms with Crippen LogP contribution in [0.5, 0.6) is 0 Å². The minimum absolute atomic E-state index is 0.0707. The first-order valence-corrected chi connectivity index (χ1v) is 10.3. The number of carbonyl (C=O) groups excluding carboxylic acids is 1. The molecule has 0 fully saturated rings. The Morgan fingerprint density at radius 2 is 1.93 bits per heavy atom. The highest BCUT2D eigenvalue weighted by molar-refractivity contribution is 5.95. The second kappa shape index (κ2) is 13.5. The zero-order valence-electron chi connectivity index (χ0n) is 17.3. The number of benzene rings is 1. The van der Waals surface area contributed by atoms with Crippen molar-refractivity contribution in [1.29, 1.82) is 0 Å². The van der Waals surface area contributed by atoms with Crippen molar-refractivity contribution in [2.24, 2.45) is 5.92 Å². The Labute approximate surface area is 163 Å². The van der Waals surface area contributed by atoms with Gasteiger partial charge < -0.3 is 10.1 Å². The van der Waals surface area contributed by atoms with Crippen molar-refractivity contribution in [3.63, 3.8) is 0 Å². The molecule has 152 valence electrons. The molecule has 0 aliphatic heterocycles. The number of hydrogen-bond acceptors (Lipinski definition) is 2. The molecule has 4 heteroatoms. The van der Waals surface area contributed by atoms with Crippen molar-refractivity contribution in [3.8, 4) is 0 Å². The minimum atomic E-state index is -0.505. The zero-order valence-corrected chi connectivity index (χ0v) is 17.3. The quantitative estimate of drug-likeness (QED) is 0.530. The molecule has 0 aliphatic rings. The van der Waals surface area contributed by atoms with Crippen molar-refractivity contribution in [3.05, 3.63) is 33.7 Å². The summed E-state index contributed by atoms with van der Waals surface area (Å²) in [4.78, 5) is 12.4. The molecule has 1 N–H and O–H groups in total. The van der Waals surface area contributed by atoms with E-state index in [1.165, 1.54) is 32.1 Å². The summed E-state index contributed by atoms with van der Waals surface area (Å²) in [5.74, 6) is 0.654. The van der Waals surface area contributed by atoms with E-state index in [2.05, 4.69) is 31.8 Å². The molecule has 0 spiro atoms. The van der Waals surface area contributed by atoms with Crippen molar-refractivity contribution in [2.45, 2.75) is 59.3 Å². The first kappa shape index (κ1) is 23.4. The fourth-order valence-corrected chi connectivity index (χ4v) is 3.52. The molecular formula is C23H36FNO2. The fraction of sp³-hybridized carbons (Fsp3) is 0.609. The summed E-state index contributed by atoms with van der Waals surface area (Å²) < 4.78 is 17.0. The van der Waals surface area contributed by atoms with Crippen LogP contribution in [0.4, 0.5) is 4.39 Å².